The van der Waals surface area contributed by atoms with Gasteiger partial charge in [0.15, 0.2) is 0 Å². The highest BCUT2D eigenvalue weighted by molar-refractivity contribution is 7.99. The third kappa shape index (κ3) is 3.95. The van der Waals surface area contributed by atoms with E-state index in [1.165, 1.54) is 11.8 Å². The Morgan fingerprint density at radius 1 is 1.62 bits per heavy atom. The van der Waals surface area contributed by atoms with Crippen molar-refractivity contribution in [3.63, 3.8) is 0 Å². The lowest BCUT2D eigenvalue weighted by atomic mass is 10.4. The first-order chi connectivity index (χ1) is 6.22. The zero-order chi connectivity index (χ0) is 9.68. The quantitative estimate of drug-likeness (QED) is 0.745. The largest absolute Gasteiger partial charge is 0.391 e. The van der Waals surface area contributed by atoms with Crippen LogP contribution in [0.1, 0.15) is 0 Å². The fourth-order valence-corrected chi connectivity index (χ4v) is 1.60. The second kappa shape index (κ2) is 5.44. The Kier molecular flexibility index (Phi) is 4.52. The van der Waals surface area contributed by atoms with Gasteiger partial charge in [-0.1, -0.05) is 11.6 Å². The summed E-state index contributed by atoms with van der Waals surface area (Å²) >= 11 is 7.12. The number of pyridine rings is 1. The van der Waals surface area contributed by atoms with Gasteiger partial charge >= 0.3 is 0 Å². The van der Waals surface area contributed by atoms with Crippen LogP contribution in [0.3, 0.4) is 0 Å². The Hall–Kier alpha value is -0.290. The van der Waals surface area contributed by atoms with Crippen molar-refractivity contribution < 1.29 is 5.11 Å². The summed E-state index contributed by atoms with van der Waals surface area (Å²) in [5.74, 6) is 0.561. The number of nitrogens with zero attached hydrogens (tertiary/aromatic N) is 1. The Morgan fingerprint density at radius 2 is 2.38 bits per heavy atom. The molecule has 0 aromatic carbocycles. The summed E-state index contributed by atoms with van der Waals surface area (Å²) in [5, 5.41) is 10.6. The molecule has 1 aromatic heterocycles. The van der Waals surface area contributed by atoms with Gasteiger partial charge in [-0.2, -0.15) is 0 Å². The minimum absolute atomic E-state index is 0.278. The fourth-order valence-electron chi connectivity index (χ4n) is 0.697. The summed E-state index contributed by atoms with van der Waals surface area (Å²) in [6, 6.07) is 3.59. The topological polar surface area (TPSA) is 59.1 Å². The Balaban J connectivity index is 2.41. The number of hydrogen-bond acceptors (Lipinski definition) is 4. The number of aliphatic hydroxyl groups excluding tert-OH is 1. The van der Waals surface area contributed by atoms with Crippen LogP contribution in [-0.4, -0.2) is 28.5 Å². The minimum atomic E-state index is -0.470. The number of nitrogens with two attached hydrogens (primary N) is 1. The molecule has 0 saturated carbocycles. The Bertz CT molecular complexity index is 255. The van der Waals surface area contributed by atoms with Gasteiger partial charge in [0.2, 0.25) is 0 Å². The molecule has 3 N–H and O–H groups in total. The standard InChI is InChI=1S/C8H11ClN2OS/c9-6-1-2-8(11-4-6)13-5-7(12)3-10/h1-2,4,7,12H,3,5,10H2. The van der Waals surface area contributed by atoms with Crippen molar-refractivity contribution in [1.82, 2.24) is 4.98 Å². The summed E-state index contributed by atoms with van der Waals surface area (Å²) in [6.45, 7) is 0.278. The van der Waals surface area contributed by atoms with E-state index in [1.54, 1.807) is 12.3 Å². The van der Waals surface area contributed by atoms with Crippen LogP contribution >= 0.6 is 23.4 Å². The third-order valence-electron chi connectivity index (χ3n) is 1.40. The van der Waals surface area contributed by atoms with E-state index in [0.29, 0.717) is 10.8 Å². The number of aromatic nitrogens is 1. The predicted octanol–water partition coefficient (Wildman–Crippen LogP) is 1.15. The fraction of sp³-hybridized carbons (Fsp3) is 0.375. The molecule has 0 amide bonds. The molecule has 0 spiro atoms. The molecule has 1 heterocycles. The van der Waals surface area contributed by atoms with E-state index in [0.717, 1.165) is 5.03 Å². The molecule has 0 bridgehead atoms. The molecule has 3 nitrogen and oxygen atoms in total. The predicted molar refractivity (Wildman–Crippen MR) is 55.0 cm³/mol. The first-order valence-electron chi connectivity index (χ1n) is 3.85. The molecule has 1 unspecified atom stereocenters. The van der Waals surface area contributed by atoms with Crippen LogP contribution in [0.4, 0.5) is 0 Å². The summed E-state index contributed by atoms with van der Waals surface area (Å²) < 4.78 is 0. The lowest BCUT2D eigenvalue weighted by molar-refractivity contribution is 0.208. The van der Waals surface area contributed by atoms with Crippen molar-refractivity contribution in [3.05, 3.63) is 23.4 Å². The van der Waals surface area contributed by atoms with Crippen molar-refractivity contribution in [1.29, 1.82) is 0 Å². The van der Waals surface area contributed by atoms with Gasteiger partial charge in [-0.25, -0.2) is 4.98 Å². The summed E-state index contributed by atoms with van der Waals surface area (Å²) in [6.07, 6.45) is 1.11. The highest BCUT2D eigenvalue weighted by Gasteiger charge is 2.02. The molecule has 72 valence electrons. The molecule has 1 atom stereocenters. The van der Waals surface area contributed by atoms with Gasteiger partial charge in [0.1, 0.15) is 0 Å². The molecule has 1 aromatic rings. The second-order valence-electron chi connectivity index (χ2n) is 2.52. The van der Waals surface area contributed by atoms with Gasteiger partial charge in [-0.3, -0.25) is 0 Å². The van der Waals surface area contributed by atoms with Gasteiger partial charge in [-0.15, -0.1) is 11.8 Å². The number of rotatable bonds is 4. The molecule has 5 heteroatoms. The smallest absolute Gasteiger partial charge is 0.0961 e. The molecule has 0 aliphatic rings. The van der Waals surface area contributed by atoms with Crippen LogP contribution in [0.25, 0.3) is 0 Å². The number of halogens is 1. The molecule has 13 heavy (non-hydrogen) atoms. The summed E-state index contributed by atoms with van der Waals surface area (Å²) in [4.78, 5) is 4.06. The van der Waals surface area contributed by atoms with Gasteiger partial charge < -0.3 is 10.8 Å². The first kappa shape index (κ1) is 10.8. The van der Waals surface area contributed by atoms with E-state index in [1.807, 2.05) is 6.07 Å². The molecule has 1 rings (SSSR count). The summed E-state index contributed by atoms with van der Waals surface area (Å²) in [5.41, 5.74) is 5.26. The molecular formula is C8H11ClN2OS. The van der Waals surface area contributed by atoms with E-state index < -0.39 is 6.10 Å². The lowest BCUT2D eigenvalue weighted by Gasteiger charge is -2.05. The maximum absolute atomic E-state index is 9.17. The maximum Gasteiger partial charge on any atom is 0.0961 e. The average molecular weight is 219 g/mol. The Morgan fingerprint density at radius 3 is 2.92 bits per heavy atom. The van der Waals surface area contributed by atoms with E-state index in [-0.39, 0.29) is 6.54 Å². The highest BCUT2D eigenvalue weighted by atomic mass is 35.5. The third-order valence-corrected chi connectivity index (χ3v) is 2.71. The van der Waals surface area contributed by atoms with E-state index in [2.05, 4.69) is 4.98 Å². The zero-order valence-corrected chi connectivity index (χ0v) is 8.55. The van der Waals surface area contributed by atoms with Crippen LogP contribution < -0.4 is 5.73 Å². The monoisotopic (exact) mass is 218 g/mol. The molecule has 0 aliphatic heterocycles. The highest BCUT2D eigenvalue weighted by Crippen LogP contribution is 2.17. The molecule has 0 aliphatic carbocycles. The van der Waals surface area contributed by atoms with Crippen LogP contribution in [0.5, 0.6) is 0 Å². The van der Waals surface area contributed by atoms with Gasteiger partial charge in [0, 0.05) is 18.5 Å². The van der Waals surface area contributed by atoms with Crippen molar-refractivity contribution in [3.8, 4) is 0 Å². The molecule has 0 radical (unpaired) electrons. The number of aliphatic hydroxyl groups is 1. The molecule has 0 saturated heterocycles. The molecule has 0 fully saturated rings. The maximum atomic E-state index is 9.17. The normalized spacial score (nSPS) is 12.8. The molecular weight excluding hydrogens is 208 g/mol. The van der Waals surface area contributed by atoms with Crippen LogP contribution in [-0.2, 0) is 0 Å². The summed E-state index contributed by atoms with van der Waals surface area (Å²) in [7, 11) is 0. The van der Waals surface area contributed by atoms with Gasteiger partial charge in [0.05, 0.1) is 16.2 Å². The number of thioether (sulfide) groups is 1. The van der Waals surface area contributed by atoms with Crippen LogP contribution in [0, 0.1) is 0 Å². The van der Waals surface area contributed by atoms with Crippen LogP contribution in [0.15, 0.2) is 23.4 Å². The number of hydrogen-bond donors (Lipinski definition) is 2. The van der Waals surface area contributed by atoms with Crippen molar-refractivity contribution in [2.24, 2.45) is 5.73 Å². The van der Waals surface area contributed by atoms with Crippen molar-refractivity contribution in [2.75, 3.05) is 12.3 Å². The Labute approximate surface area is 86.3 Å². The zero-order valence-electron chi connectivity index (χ0n) is 6.98. The minimum Gasteiger partial charge on any atom is -0.391 e. The lowest BCUT2D eigenvalue weighted by Crippen LogP contribution is -2.21. The van der Waals surface area contributed by atoms with E-state index >= 15 is 0 Å². The van der Waals surface area contributed by atoms with Crippen molar-refractivity contribution in [2.45, 2.75) is 11.1 Å². The van der Waals surface area contributed by atoms with Crippen molar-refractivity contribution >= 4 is 23.4 Å². The van der Waals surface area contributed by atoms with Gasteiger partial charge in [-0.05, 0) is 12.1 Å². The first-order valence-corrected chi connectivity index (χ1v) is 5.21. The van der Waals surface area contributed by atoms with E-state index in [4.69, 9.17) is 17.3 Å². The van der Waals surface area contributed by atoms with Gasteiger partial charge in [0.25, 0.3) is 0 Å². The van der Waals surface area contributed by atoms with Crippen LogP contribution in [0.2, 0.25) is 5.02 Å². The van der Waals surface area contributed by atoms with E-state index in [9.17, 15) is 5.11 Å². The SMILES string of the molecule is NCC(O)CSc1ccc(Cl)cn1. The average Bonchev–Trinajstić information content (AvgIpc) is 2.16. The second-order valence-corrected chi connectivity index (χ2v) is 3.99.